The van der Waals surface area contributed by atoms with E-state index in [0.717, 1.165) is 26.3 Å². The number of halogens is 4. The molecule has 0 heterocycles. The molecule has 0 aliphatic carbocycles. The summed E-state index contributed by atoms with van der Waals surface area (Å²) in [4.78, 5) is 12.1. The average molecular weight is 529 g/mol. The quantitative estimate of drug-likeness (QED) is 0.337. The third-order valence-corrected chi connectivity index (χ3v) is 5.99. The molecule has 0 aliphatic rings. The second kappa shape index (κ2) is 10.4. The minimum atomic E-state index is -0.303. The van der Waals surface area contributed by atoms with E-state index in [4.69, 9.17) is 39.5 Å². The molecule has 0 aliphatic heterocycles. The number of ether oxygens (including phenoxy) is 1. The molecule has 0 saturated carbocycles. The lowest BCUT2D eigenvalue weighted by atomic mass is 10.2. The molecule has 156 valence electrons. The lowest BCUT2D eigenvalue weighted by Crippen LogP contribution is -2.20. The molecule has 30 heavy (non-hydrogen) atoms. The van der Waals surface area contributed by atoms with Gasteiger partial charge < -0.3 is 15.4 Å². The maximum absolute atomic E-state index is 12.1. The van der Waals surface area contributed by atoms with Crippen molar-refractivity contribution in [3.05, 3.63) is 85.3 Å². The van der Waals surface area contributed by atoms with Gasteiger partial charge in [0, 0.05) is 22.9 Å². The first-order valence-corrected chi connectivity index (χ1v) is 10.9. The first-order chi connectivity index (χ1) is 14.3. The SMILES string of the molecule is Cc1ccc(NCc2ccc(OCC(=O)Nc3ccc(Cl)c(Cl)c3)c(Br)c2)cc1Cl. The van der Waals surface area contributed by atoms with Crippen molar-refractivity contribution in [3.63, 3.8) is 0 Å². The highest BCUT2D eigenvalue weighted by Crippen LogP contribution is 2.28. The van der Waals surface area contributed by atoms with Crippen molar-refractivity contribution in [2.45, 2.75) is 13.5 Å². The van der Waals surface area contributed by atoms with Crippen LogP contribution in [0.1, 0.15) is 11.1 Å². The number of carbonyl (C=O) groups is 1. The van der Waals surface area contributed by atoms with Crippen LogP contribution in [-0.2, 0) is 11.3 Å². The van der Waals surface area contributed by atoms with Crippen LogP contribution in [0.4, 0.5) is 11.4 Å². The number of hydrogen-bond donors (Lipinski definition) is 2. The first kappa shape index (κ1) is 22.8. The average Bonchev–Trinajstić information content (AvgIpc) is 2.71. The molecule has 3 aromatic rings. The fraction of sp³-hybridized carbons (Fsp3) is 0.136. The predicted molar refractivity (Wildman–Crippen MR) is 128 cm³/mol. The molecule has 8 heteroatoms. The second-order valence-electron chi connectivity index (χ2n) is 6.55. The fourth-order valence-electron chi connectivity index (χ4n) is 2.59. The number of hydrogen-bond acceptors (Lipinski definition) is 3. The zero-order chi connectivity index (χ0) is 21.7. The third kappa shape index (κ3) is 6.29. The van der Waals surface area contributed by atoms with E-state index in [1.807, 2.05) is 43.3 Å². The lowest BCUT2D eigenvalue weighted by molar-refractivity contribution is -0.118. The van der Waals surface area contributed by atoms with Gasteiger partial charge in [-0.15, -0.1) is 0 Å². The summed E-state index contributed by atoms with van der Waals surface area (Å²) >= 11 is 21.5. The Morgan fingerprint density at radius 2 is 1.67 bits per heavy atom. The normalized spacial score (nSPS) is 10.6. The largest absolute Gasteiger partial charge is 0.483 e. The molecule has 0 spiro atoms. The van der Waals surface area contributed by atoms with Gasteiger partial charge in [-0.1, -0.05) is 46.9 Å². The van der Waals surface area contributed by atoms with Gasteiger partial charge in [0.2, 0.25) is 0 Å². The van der Waals surface area contributed by atoms with E-state index in [0.29, 0.717) is 28.0 Å². The van der Waals surface area contributed by atoms with Crippen molar-refractivity contribution in [2.24, 2.45) is 0 Å². The maximum Gasteiger partial charge on any atom is 0.262 e. The van der Waals surface area contributed by atoms with Gasteiger partial charge in [0.25, 0.3) is 5.91 Å². The summed E-state index contributed by atoms with van der Waals surface area (Å²) in [5.74, 6) is 0.267. The summed E-state index contributed by atoms with van der Waals surface area (Å²) in [7, 11) is 0. The molecule has 0 aromatic heterocycles. The number of nitrogens with one attached hydrogen (secondary N) is 2. The van der Waals surface area contributed by atoms with Crippen LogP contribution in [-0.4, -0.2) is 12.5 Å². The summed E-state index contributed by atoms with van der Waals surface area (Å²) in [6.45, 7) is 2.45. The number of carbonyl (C=O) groups excluding carboxylic acids is 1. The summed E-state index contributed by atoms with van der Waals surface area (Å²) in [5, 5.41) is 7.57. The third-order valence-electron chi connectivity index (χ3n) is 4.23. The highest BCUT2D eigenvalue weighted by Gasteiger charge is 2.09. The van der Waals surface area contributed by atoms with Gasteiger partial charge in [-0.2, -0.15) is 0 Å². The number of amides is 1. The van der Waals surface area contributed by atoms with E-state index >= 15 is 0 Å². The first-order valence-electron chi connectivity index (χ1n) is 8.98. The number of rotatable bonds is 7. The van der Waals surface area contributed by atoms with Crippen LogP contribution in [0.15, 0.2) is 59.1 Å². The molecular formula is C22H18BrCl3N2O2. The van der Waals surface area contributed by atoms with Crippen molar-refractivity contribution >= 4 is 68.0 Å². The Bertz CT molecular complexity index is 1080. The van der Waals surface area contributed by atoms with Crippen LogP contribution in [0.25, 0.3) is 0 Å². The molecule has 0 saturated heterocycles. The van der Waals surface area contributed by atoms with Crippen molar-refractivity contribution < 1.29 is 9.53 Å². The standard InChI is InChI=1S/C22H18BrCl3N2O2/c1-13-2-4-15(9-19(13)25)27-11-14-3-7-21(17(23)8-14)30-12-22(29)28-16-5-6-18(24)20(26)10-16/h2-10,27H,11-12H2,1H3,(H,28,29). The fourth-order valence-corrected chi connectivity index (χ4v) is 3.61. The molecular weight excluding hydrogens is 511 g/mol. The lowest BCUT2D eigenvalue weighted by Gasteiger charge is -2.12. The summed E-state index contributed by atoms with van der Waals surface area (Å²) in [6.07, 6.45) is 0. The molecule has 0 bridgehead atoms. The smallest absolute Gasteiger partial charge is 0.262 e. The van der Waals surface area contributed by atoms with Crippen LogP contribution >= 0.6 is 50.7 Å². The molecule has 4 nitrogen and oxygen atoms in total. The Hall–Kier alpha value is -1.92. The maximum atomic E-state index is 12.1. The highest BCUT2D eigenvalue weighted by molar-refractivity contribution is 9.10. The zero-order valence-corrected chi connectivity index (χ0v) is 19.8. The zero-order valence-electron chi connectivity index (χ0n) is 15.9. The highest BCUT2D eigenvalue weighted by atomic mass is 79.9. The van der Waals surface area contributed by atoms with Gasteiger partial charge in [-0.25, -0.2) is 0 Å². The summed E-state index contributed by atoms with van der Waals surface area (Å²) in [6, 6.07) is 16.4. The van der Waals surface area contributed by atoms with E-state index < -0.39 is 0 Å². The van der Waals surface area contributed by atoms with Gasteiger partial charge in [-0.05, 0) is 76.4 Å². The van der Waals surface area contributed by atoms with Crippen molar-refractivity contribution in [3.8, 4) is 5.75 Å². The predicted octanol–water partition coefficient (Wildman–Crippen LogP) is 7.35. The van der Waals surface area contributed by atoms with Gasteiger partial charge >= 0.3 is 0 Å². The van der Waals surface area contributed by atoms with Gasteiger partial charge in [0.05, 0.1) is 14.5 Å². The van der Waals surface area contributed by atoms with Crippen molar-refractivity contribution in [1.29, 1.82) is 0 Å². The van der Waals surface area contributed by atoms with Crippen LogP contribution in [0.5, 0.6) is 5.75 Å². The number of anilines is 2. The Kier molecular flexibility index (Phi) is 7.89. The van der Waals surface area contributed by atoms with E-state index in [2.05, 4.69) is 26.6 Å². The van der Waals surface area contributed by atoms with Gasteiger partial charge in [-0.3, -0.25) is 4.79 Å². The monoisotopic (exact) mass is 526 g/mol. The van der Waals surface area contributed by atoms with E-state index in [1.165, 1.54) is 0 Å². The van der Waals surface area contributed by atoms with Gasteiger partial charge in [0.15, 0.2) is 6.61 Å². The molecule has 2 N–H and O–H groups in total. The number of aryl methyl sites for hydroxylation is 1. The molecule has 0 fully saturated rings. The van der Waals surface area contributed by atoms with Crippen LogP contribution < -0.4 is 15.4 Å². The topological polar surface area (TPSA) is 50.4 Å². The minimum Gasteiger partial charge on any atom is -0.483 e. The van der Waals surface area contributed by atoms with E-state index in [9.17, 15) is 4.79 Å². The Morgan fingerprint density at radius 1 is 0.933 bits per heavy atom. The Balaban J connectivity index is 1.53. The molecule has 1 amide bonds. The van der Waals surface area contributed by atoms with E-state index in [1.54, 1.807) is 18.2 Å². The summed E-state index contributed by atoms with van der Waals surface area (Å²) < 4.78 is 6.37. The Labute approximate surface area is 198 Å². The molecule has 0 radical (unpaired) electrons. The van der Waals surface area contributed by atoms with Crippen molar-refractivity contribution in [1.82, 2.24) is 0 Å². The molecule has 3 aromatic carbocycles. The summed E-state index contributed by atoms with van der Waals surface area (Å²) in [5.41, 5.74) is 3.58. The Morgan fingerprint density at radius 3 is 2.37 bits per heavy atom. The van der Waals surface area contributed by atoms with Crippen LogP contribution in [0, 0.1) is 6.92 Å². The van der Waals surface area contributed by atoms with Crippen molar-refractivity contribution in [2.75, 3.05) is 17.2 Å². The van der Waals surface area contributed by atoms with E-state index in [-0.39, 0.29) is 12.5 Å². The second-order valence-corrected chi connectivity index (χ2v) is 8.62. The molecule has 0 unspecified atom stereocenters. The van der Waals surface area contributed by atoms with Gasteiger partial charge in [0.1, 0.15) is 5.75 Å². The number of benzene rings is 3. The minimum absolute atomic E-state index is 0.141. The molecule has 3 rings (SSSR count). The molecule has 0 atom stereocenters. The van der Waals surface area contributed by atoms with Crippen LogP contribution in [0.3, 0.4) is 0 Å². The van der Waals surface area contributed by atoms with Crippen LogP contribution in [0.2, 0.25) is 15.1 Å².